The van der Waals surface area contributed by atoms with Crippen LogP contribution in [0.3, 0.4) is 0 Å². The van der Waals surface area contributed by atoms with Crippen molar-refractivity contribution in [1.29, 1.82) is 0 Å². The van der Waals surface area contributed by atoms with Gasteiger partial charge in [-0.2, -0.15) is 0 Å². The molecule has 5 heteroatoms. The van der Waals surface area contributed by atoms with Crippen LogP contribution in [0.1, 0.15) is 11.3 Å². The predicted octanol–water partition coefficient (Wildman–Crippen LogP) is 1.01. The van der Waals surface area contributed by atoms with Gasteiger partial charge >= 0.3 is 0 Å². The highest BCUT2D eigenvalue weighted by Crippen LogP contribution is 2.07. The van der Waals surface area contributed by atoms with E-state index in [0.29, 0.717) is 12.5 Å². The van der Waals surface area contributed by atoms with Gasteiger partial charge in [0.1, 0.15) is 0 Å². The molecule has 0 aliphatic carbocycles. The number of nitrogens with two attached hydrogens (primary N) is 1. The molecule has 0 aliphatic rings. The average molecular weight is 243 g/mol. The molecular weight excluding hydrogens is 226 g/mol. The van der Waals surface area contributed by atoms with Crippen LogP contribution >= 0.6 is 0 Å². The van der Waals surface area contributed by atoms with E-state index >= 15 is 0 Å². The van der Waals surface area contributed by atoms with Crippen molar-refractivity contribution in [2.45, 2.75) is 13.0 Å². The molecule has 2 aromatic heterocycles. The summed E-state index contributed by atoms with van der Waals surface area (Å²) in [5.41, 5.74) is 7.68. The van der Waals surface area contributed by atoms with Crippen LogP contribution in [-0.4, -0.2) is 28.5 Å². The normalized spacial score (nSPS) is 10.3. The van der Waals surface area contributed by atoms with Crippen LogP contribution in [0.15, 0.2) is 36.8 Å². The first-order chi connectivity index (χ1) is 8.79. The summed E-state index contributed by atoms with van der Waals surface area (Å²) >= 11 is 0. The zero-order valence-corrected chi connectivity index (χ0v) is 10.5. The van der Waals surface area contributed by atoms with Crippen molar-refractivity contribution in [3.8, 4) is 0 Å². The quantitative estimate of drug-likeness (QED) is 0.848. The summed E-state index contributed by atoms with van der Waals surface area (Å²) in [7, 11) is 1.98. The first-order valence-corrected chi connectivity index (χ1v) is 5.91. The summed E-state index contributed by atoms with van der Waals surface area (Å²) < 4.78 is 0. The lowest BCUT2D eigenvalue weighted by Gasteiger charge is -2.17. The molecule has 0 amide bonds. The summed E-state index contributed by atoms with van der Waals surface area (Å²) in [5, 5.41) is 0. The van der Waals surface area contributed by atoms with Crippen molar-refractivity contribution in [3.05, 3.63) is 48.0 Å². The highest BCUT2D eigenvalue weighted by atomic mass is 15.2. The molecule has 0 radical (unpaired) electrons. The lowest BCUT2D eigenvalue weighted by molar-refractivity contribution is 0.823. The number of likely N-dealkylation sites (N-methyl/N-ethyl adjacent to an activating group) is 1. The Bertz CT molecular complexity index is 486. The number of aromatic nitrogens is 3. The van der Waals surface area contributed by atoms with Gasteiger partial charge in [-0.1, -0.05) is 0 Å². The summed E-state index contributed by atoms with van der Waals surface area (Å²) in [6, 6.07) is 5.87. The largest absolute Gasteiger partial charge is 0.344 e. The average Bonchev–Trinajstić information content (AvgIpc) is 2.46. The second-order valence-corrected chi connectivity index (χ2v) is 4.08. The first-order valence-electron chi connectivity index (χ1n) is 5.91. The Morgan fingerprint density at radius 2 is 1.94 bits per heavy atom. The van der Waals surface area contributed by atoms with Crippen LogP contribution < -0.4 is 10.6 Å². The topological polar surface area (TPSA) is 67.9 Å². The maximum absolute atomic E-state index is 5.57. The van der Waals surface area contributed by atoms with Gasteiger partial charge in [0.2, 0.25) is 5.95 Å². The molecule has 0 atom stereocenters. The van der Waals surface area contributed by atoms with Crippen LogP contribution in [0, 0.1) is 0 Å². The Labute approximate surface area is 107 Å². The minimum atomic E-state index is 0.438. The molecule has 0 aromatic carbocycles. The standard InChI is InChI=1S/C13H17N5/c1-18(9-5-11-2-6-15-7-3-11)13-16-8-4-12(10-14)17-13/h2-4,6-8H,5,9-10,14H2,1H3. The Kier molecular flexibility index (Phi) is 4.20. The summed E-state index contributed by atoms with van der Waals surface area (Å²) in [6.45, 7) is 1.30. The van der Waals surface area contributed by atoms with Gasteiger partial charge in [0.05, 0.1) is 5.69 Å². The molecule has 18 heavy (non-hydrogen) atoms. The van der Waals surface area contributed by atoms with Crippen molar-refractivity contribution in [3.63, 3.8) is 0 Å². The molecular formula is C13H17N5. The van der Waals surface area contributed by atoms with Gasteiger partial charge < -0.3 is 10.6 Å². The fraction of sp³-hybridized carbons (Fsp3) is 0.308. The van der Waals surface area contributed by atoms with Gasteiger partial charge in [-0.3, -0.25) is 4.98 Å². The van der Waals surface area contributed by atoms with Crippen LogP contribution in [0.5, 0.6) is 0 Å². The molecule has 2 heterocycles. The van der Waals surface area contributed by atoms with E-state index in [1.807, 2.05) is 30.1 Å². The number of nitrogens with zero attached hydrogens (tertiary/aromatic N) is 4. The smallest absolute Gasteiger partial charge is 0.225 e. The zero-order chi connectivity index (χ0) is 12.8. The van der Waals surface area contributed by atoms with Crippen LogP contribution in [0.2, 0.25) is 0 Å². The minimum Gasteiger partial charge on any atom is -0.344 e. The third kappa shape index (κ3) is 3.24. The SMILES string of the molecule is CN(CCc1ccncc1)c1nccc(CN)n1. The van der Waals surface area contributed by atoms with Crippen molar-refractivity contribution in [1.82, 2.24) is 15.0 Å². The molecule has 0 fully saturated rings. The molecule has 0 aliphatic heterocycles. The van der Waals surface area contributed by atoms with E-state index in [2.05, 4.69) is 15.0 Å². The lowest BCUT2D eigenvalue weighted by atomic mass is 10.2. The molecule has 2 N–H and O–H groups in total. The zero-order valence-electron chi connectivity index (χ0n) is 10.5. The van der Waals surface area contributed by atoms with Crippen molar-refractivity contribution in [2.75, 3.05) is 18.5 Å². The Morgan fingerprint density at radius 3 is 2.67 bits per heavy atom. The highest BCUT2D eigenvalue weighted by molar-refractivity contribution is 5.29. The van der Waals surface area contributed by atoms with Crippen LogP contribution in [0.25, 0.3) is 0 Å². The Morgan fingerprint density at radius 1 is 1.17 bits per heavy atom. The molecule has 0 saturated heterocycles. The number of anilines is 1. The van der Waals surface area contributed by atoms with Gasteiger partial charge in [-0.05, 0) is 30.2 Å². The summed E-state index contributed by atoms with van der Waals surface area (Å²) in [4.78, 5) is 14.7. The molecule has 94 valence electrons. The molecule has 2 aromatic rings. The second-order valence-electron chi connectivity index (χ2n) is 4.08. The highest BCUT2D eigenvalue weighted by Gasteiger charge is 2.04. The molecule has 0 spiro atoms. The van der Waals surface area contributed by atoms with E-state index in [-0.39, 0.29) is 0 Å². The van der Waals surface area contributed by atoms with Crippen LogP contribution in [-0.2, 0) is 13.0 Å². The van der Waals surface area contributed by atoms with Crippen molar-refractivity contribution >= 4 is 5.95 Å². The van der Waals surface area contributed by atoms with E-state index in [1.165, 1.54) is 5.56 Å². The molecule has 0 bridgehead atoms. The molecule has 5 nitrogen and oxygen atoms in total. The second kappa shape index (κ2) is 6.07. The van der Waals surface area contributed by atoms with E-state index in [1.54, 1.807) is 18.6 Å². The van der Waals surface area contributed by atoms with Gasteiger partial charge in [-0.15, -0.1) is 0 Å². The minimum absolute atomic E-state index is 0.438. The van der Waals surface area contributed by atoms with Crippen molar-refractivity contribution < 1.29 is 0 Å². The predicted molar refractivity (Wildman–Crippen MR) is 71.1 cm³/mol. The molecule has 0 saturated carbocycles. The number of hydrogen-bond donors (Lipinski definition) is 1. The van der Waals surface area contributed by atoms with Gasteiger partial charge in [0.15, 0.2) is 0 Å². The third-order valence-corrected chi connectivity index (χ3v) is 2.74. The van der Waals surface area contributed by atoms with E-state index in [0.717, 1.165) is 18.7 Å². The van der Waals surface area contributed by atoms with Gasteiger partial charge in [0.25, 0.3) is 0 Å². The molecule has 2 rings (SSSR count). The first kappa shape index (κ1) is 12.4. The molecule has 0 unspecified atom stereocenters. The summed E-state index contributed by atoms with van der Waals surface area (Å²) in [5.74, 6) is 0.715. The maximum atomic E-state index is 5.57. The van der Waals surface area contributed by atoms with E-state index in [4.69, 9.17) is 5.73 Å². The number of rotatable bonds is 5. The van der Waals surface area contributed by atoms with Crippen LogP contribution in [0.4, 0.5) is 5.95 Å². The van der Waals surface area contributed by atoms with E-state index < -0.39 is 0 Å². The Balaban J connectivity index is 1.97. The number of hydrogen-bond acceptors (Lipinski definition) is 5. The maximum Gasteiger partial charge on any atom is 0.225 e. The number of pyridine rings is 1. The fourth-order valence-electron chi connectivity index (χ4n) is 1.63. The van der Waals surface area contributed by atoms with E-state index in [9.17, 15) is 0 Å². The van der Waals surface area contributed by atoms with Gasteiger partial charge in [-0.25, -0.2) is 9.97 Å². The van der Waals surface area contributed by atoms with Gasteiger partial charge in [0, 0.05) is 38.7 Å². The lowest BCUT2D eigenvalue weighted by Crippen LogP contribution is -2.23. The van der Waals surface area contributed by atoms with Crippen molar-refractivity contribution in [2.24, 2.45) is 5.73 Å². The Hall–Kier alpha value is -2.01. The summed E-state index contributed by atoms with van der Waals surface area (Å²) in [6.07, 6.45) is 6.30. The monoisotopic (exact) mass is 243 g/mol. The third-order valence-electron chi connectivity index (χ3n) is 2.74. The fourth-order valence-corrected chi connectivity index (χ4v) is 1.63.